The van der Waals surface area contributed by atoms with Crippen molar-refractivity contribution in [1.29, 1.82) is 5.26 Å². The molecule has 2 heterocycles. The average molecular weight is 263 g/mol. The Morgan fingerprint density at radius 1 is 1.44 bits per heavy atom. The van der Waals surface area contributed by atoms with Crippen LogP contribution in [-0.2, 0) is 0 Å². The van der Waals surface area contributed by atoms with Crippen molar-refractivity contribution in [3.63, 3.8) is 0 Å². The molecule has 4 nitrogen and oxygen atoms in total. The number of amides is 1. The fourth-order valence-electron chi connectivity index (χ4n) is 2.13. The van der Waals surface area contributed by atoms with Gasteiger partial charge in [-0.25, -0.2) is 0 Å². The Bertz CT molecular complexity index is 469. The number of thiophene rings is 1. The van der Waals surface area contributed by atoms with Crippen LogP contribution in [0.1, 0.15) is 22.2 Å². The van der Waals surface area contributed by atoms with E-state index < -0.39 is 0 Å². The molecule has 1 unspecified atom stereocenters. The van der Waals surface area contributed by atoms with E-state index in [0.29, 0.717) is 13.1 Å². The summed E-state index contributed by atoms with van der Waals surface area (Å²) in [6, 6.07) is 4.15. The van der Waals surface area contributed by atoms with Gasteiger partial charge < -0.3 is 4.90 Å². The van der Waals surface area contributed by atoms with Gasteiger partial charge in [-0.05, 0) is 30.9 Å². The van der Waals surface area contributed by atoms with Gasteiger partial charge in [0.2, 0.25) is 0 Å². The molecule has 0 bridgehead atoms. The number of carbonyl (C=O) groups is 1. The lowest BCUT2D eigenvalue weighted by Crippen LogP contribution is -2.51. The highest BCUT2D eigenvalue weighted by Crippen LogP contribution is 2.19. The summed E-state index contributed by atoms with van der Waals surface area (Å²) in [5, 5.41) is 10.8. The fourth-order valence-corrected chi connectivity index (χ4v) is 3.02. The van der Waals surface area contributed by atoms with Crippen LogP contribution >= 0.6 is 11.3 Å². The van der Waals surface area contributed by atoms with Crippen LogP contribution in [0.15, 0.2) is 11.4 Å². The van der Waals surface area contributed by atoms with Crippen molar-refractivity contribution in [3.8, 4) is 6.07 Å². The van der Waals surface area contributed by atoms with Crippen LogP contribution in [0.3, 0.4) is 0 Å². The zero-order valence-electron chi connectivity index (χ0n) is 10.7. The summed E-state index contributed by atoms with van der Waals surface area (Å²) in [6.45, 7) is 6.86. The smallest absolute Gasteiger partial charge is 0.264 e. The number of nitriles is 1. The molecule has 5 heteroatoms. The molecule has 0 aromatic carbocycles. The number of aryl methyl sites for hydroxylation is 1. The highest BCUT2D eigenvalue weighted by molar-refractivity contribution is 7.12. The highest BCUT2D eigenvalue weighted by atomic mass is 32.1. The Morgan fingerprint density at radius 2 is 2.11 bits per heavy atom. The van der Waals surface area contributed by atoms with Crippen LogP contribution in [0, 0.1) is 18.3 Å². The topological polar surface area (TPSA) is 47.3 Å². The van der Waals surface area contributed by atoms with Gasteiger partial charge >= 0.3 is 0 Å². The minimum Gasteiger partial charge on any atom is -0.335 e. The number of nitrogens with zero attached hydrogens (tertiary/aromatic N) is 3. The van der Waals surface area contributed by atoms with Crippen molar-refractivity contribution in [2.45, 2.75) is 19.9 Å². The minimum atomic E-state index is -0.0641. The zero-order valence-corrected chi connectivity index (χ0v) is 11.5. The van der Waals surface area contributed by atoms with Gasteiger partial charge in [0.25, 0.3) is 5.91 Å². The molecular weight excluding hydrogens is 246 g/mol. The molecule has 1 aliphatic rings. The molecule has 1 atom stereocenters. The van der Waals surface area contributed by atoms with E-state index in [4.69, 9.17) is 5.26 Å². The first-order valence-electron chi connectivity index (χ1n) is 6.10. The third-order valence-electron chi connectivity index (χ3n) is 3.39. The Kier molecular flexibility index (Phi) is 4.00. The van der Waals surface area contributed by atoms with Crippen molar-refractivity contribution in [3.05, 3.63) is 21.9 Å². The predicted molar refractivity (Wildman–Crippen MR) is 71.6 cm³/mol. The number of hydrogen-bond acceptors (Lipinski definition) is 4. The van der Waals surface area contributed by atoms with Gasteiger partial charge in [-0.2, -0.15) is 5.26 Å². The van der Waals surface area contributed by atoms with Crippen LogP contribution < -0.4 is 0 Å². The molecule has 1 saturated heterocycles. The number of rotatable bonds is 2. The van der Waals surface area contributed by atoms with Gasteiger partial charge in [-0.3, -0.25) is 9.69 Å². The lowest BCUT2D eigenvalue weighted by molar-refractivity contribution is 0.0620. The fraction of sp³-hybridized carbons (Fsp3) is 0.538. The van der Waals surface area contributed by atoms with Crippen molar-refractivity contribution in [2.24, 2.45) is 0 Å². The predicted octanol–water partition coefficient (Wildman–Crippen LogP) is 1.73. The van der Waals surface area contributed by atoms with Crippen molar-refractivity contribution >= 4 is 17.2 Å². The molecule has 1 aromatic heterocycles. The van der Waals surface area contributed by atoms with E-state index in [2.05, 4.69) is 11.0 Å². The molecule has 1 aliphatic heterocycles. The minimum absolute atomic E-state index is 0.0641. The van der Waals surface area contributed by atoms with Crippen LogP contribution in [0.4, 0.5) is 0 Å². The van der Waals surface area contributed by atoms with E-state index >= 15 is 0 Å². The maximum absolute atomic E-state index is 12.3. The molecule has 0 saturated carbocycles. The maximum Gasteiger partial charge on any atom is 0.264 e. The quantitative estimate of drug-likeness (QED) is 0.816. The lowest BCUT2D eigenvalue weighted by atomic mass is 10.2. The first kappa shape index (κ1) is 13.1. The summed E-state index contributed by atoms with van der Waals surface area (Å²) in [4.78, 5) is 17.1. The molecule has 18 heavy (non-hydrogen) atoms. The monoisotopic (exact) mass is 263 g/mol. The third kappa shape index (κ3) is 2.55. The lowest BCUT2D eigenvalue weighted by Gasteiger charge is -2.35. The maximum atomic E-state index is 12.3. The van der Waals surface area contributed by atoms with Gasteiger partial charge in [-0.1, -0.05) is 0 Å². The number of hydrogen-bond donors (Lipinski definition) is 0. The van der Waals surface area contributed by atoms with Crippen LogP contribution in [0.2, 0.25) is 0 Å². The largest absolute Gasteiger partial charge is 0.335 e. The Labute approximate surface area is 111 Å². The van der Waals surface area contributed by atoms with Gasteiger partial charge in [0.15, 0.2) is 0 Å². The molecule has 0 radical (unpaired) electrons. The van der Waals surface area contributed by atoms with Crippen molar-refractivity contribution in [2.75, 3.05) is 26.2 Å². The summed E-state index contributed by atoms with van der Waals surface area (Å²) in [6.07, 6.45) is 0. The molecule has 2 rings (SSSR count). The summed E-state index contributed by atoms with van der Waals surface area (Å²) in [5.74, 6) is 0.131. The van der Waals surface area contributed by atoms with Crippen LogP contribution in [-0.4, -0.2) is 47.9 Å². The zero-order chi connectivity index (χ0) is 13.1. The van der Waals surface area contributed by atoms with E-state index in [1.54, 1.807) is 0 Å². The molecule has 0 spiro atoms. The Morgan fingerprint density at radius 3 is 2.61 bits per heavy atom. The molecule has 0 N–H and O–H groups in total. The molecule has 96 valence electrons. The number of piperazine rings is 1. The van der Waals surface area contributed by atoms with E-state index in [1.165, 1.54) is 11.3 Å². The molecule has 1 aromatic rings. The molecule has 0 aliphatic carbocycles. The second-order valence-corrected chi connectivity index (χ2v) is 5.48. The summed E-state index contributed by atoms with van der Waals surface area (Å²) in [7, 11) is 0. The van der Waals surface area contributed by atoms with Crippen LogP contribution in [0.25, 0.3) is 0 Å². The average Bonchev–Trinajstić information content (AvgIpc) is 2.83. The first-order valence-corrected chi connectivity index (χ1v) is 6.98. The van der Waals surface area contributed by atoms with Crippen molar-refractivity contribution < 1.29 is 4.79 Å². The summed E-state index contributed by atoms with van der Waals surface area (Å²) in [5.41, 5.74) is 1.05. The standard InChI is InChI=1S/C13H17N3OS/c1-10-3-8-18-12(10)13(17)16-6-4-15(5-7-16)11(2)9-14/h3,8,11H,4-7H2,1-2H3. The van der Waals surface area contributed by atoms with Gasteiger partial charge in [0, 0.05) is 26.2 Å². The first-order chi connectivity index (χ1) is 8.63. The van der Waals surface area contributed by atoms with E-state index in [0.717, 1.165) is 23.5 Å². The van der Waals surface area contributed by atoms with Gasteiger partial charge in [0.05, 0.1) is 17.0 Å². The third-order valence-corrected chi connectivity index (χ3v) is 4.40. The molecule has 1 fully saturated rings. The summed E-state index contributed by atoms with van der Waals surface area (Å²) >= 11 is 1.51. The van der Waals surface area contributed by atoms with E-state index in [-0.39, 0.29) is 11.9 Å². The number of carbonyl (C=O) groups excluding carboxylic acids is 1. The van der Waals surface area contributed by atoms with E-state index in [9.17, 15) is 4.79 Å². The Balaban J connectivity index is 1.97. The summed E-state index contributed by atoms with van der Waals surface area (Å²) < 4.78 is 0. The van der Waals surface area contributed by atoms with Crippen LogP contribution in [0.5, 0.6) is 0 Å². The second-order valence-electron chi connectivity index (χ2n) is 4.57. The van der Waals surface area contributed by atoms with Crippen molar-refractivity contribution in [1.82, 2.24) is 9.80 Å². The highest BCUT2D eigenvalue weighted by Gasteiger charge is 2.25. The van der Waals surface area contributed by atoms with Gasteiger partial charge in [0.1, 0.15) is 0 Å². The molecule has 1 amide bonds. The SMILES string of the molecule is Cc1ccsc1C(=O)N1CCN(C(C)C#N)CC1. The van der Waals surface area contributed by atoms with Gasteiger partial charge in [-0.15, -0.1) is 11.3 Å². The Hall–Kier alpha value is -1.38. The molecular formula is C13H17N3OS. The van der Waals surface area contributed by atoms with E-state index in [1.807, 2.05) is 30.2 Å². The normalized spacial score (nSPS) is 18.4. The second kappa shape index (κ2) is 5.51.